The number of hydrogen-bond donors (Lipinski definition) is 5. The normalized spacial score (nSPS) is 9.79. The van der Waals surface area contributed by atoms with Crippen molar-refractivity contribution in [2.24, 2.45) is 17.4 Å². The average molecular weight is 343 g/mol. The van der Waals surface area contributed by atoms with Crippen molar-refractivity contribution in [1.82, 2.24) is 0 Å². The molecule has 0 spiro atoms. The summed E-state index contributed by atoms with van der Waals surface area (Å²) in [6, 6.07) is 11.5. The first-order valence-corrected chi connectivity index (χ1v) is 7.09. The van der Waals surface area contributed by atoms with E-state index in [2.05, 4.69) is 17.0 Å². The number of amidine groups is 1. The maximum atomic E-state index is 12.5. The number of rotatable bonds is 3. The number of hydrazine groups is 1. The molecule has 0 aliphatic rings. The molecule has 0 aliphatic carbocycles. The zero-order valence-electron chi connectivity index (χ0n) is 13.5. The third-order valence-electron chi connectivity index (χ3n) is 2.71. The molecule has 0 saturated heterocycles. The largest absolute Gasteiger partial charge is 0.416 e. The first-order chi connectivity index (χ1) is 11.4. The van der Waals surface area contributed by atoms with Crippen molar-refractivity contribution in [2.45, 2.75) is 20.0 Å². The van der Waals surface area contributed by atoms with Gasteiger partial charge in [-0.2, -0.15) is 13.2 Å². The lowest BCUT2D eigenvalue weighted by molar-refractivity contribution is -0.137. The highest BCUT2D eigenvalue weighted by atomic mass is 19.4. The second-order valence-corrected chi connectivity index (χ2v) is 4.16. The van der Waals surface area contributed by atoms with Crippen molar-refractivity contribution < 1.29 is 14.6 Å². The van der Waals surface area contributed by atoms with Gasteiger partial charge in [-0.3, -0.25) is 17.1 Å². The molecule has 0 aliphatic heterocycles. The van der Waals surface area contributed by atoms with Gasteiger partial charge in [-0.25, -0.2) is 0 Å². The minimum Gasteiger partial charge on any atom is -0.384 e. The monoisotopic (exact) mass is 343 g/mol. The second-order valence-electron chi connectivity index (χ2n) is 4.16. The summed E-state index contributed by atoms with van der Waals surface area (Å²) in [7, 11) is 0. The standard InChI is InChI=1S/C14H12F3N3.C2H6.H4N2.H2/c15-14(16,17)9-5-7-10(8-6-9)20-12-4-2-1-3-11(12)13(18)19;2*1-2;/h1-8,20H,(H3,18,19);1-2H3;1-2H2;1H. The topological polar surface area (TPSA) is 114 Å². The fraction of sp³-hybridized carbons (Fsp3) is 0.188. The van der Waals surface area contributed by atoms with Gasteiger partial charge in [-0.1, -0.05) is 26.0 Å². The molecule has 24 heavy (non-hydrogen) atoms. The molecule has 0 radical (unpaired) electrons. The summed E-state index contributed by atoms with van der Waals surface area (Å²) >= 11 is 0. The number of halogens is 3. The Morgan fingerprint density at radius 1 is 1.00 bits per heavy atom. The van der Waals surface area contributed by atoms with Crippen LogP contribution in [-0.4, -0.2) is 5.84 Å². The first kappa shape index (κ1) is 21.4. The smallest absolute Gasteiger partial charge is 0.384 e. The fourth-order valence-corrected chi connectivity index (χ4v) is 1.73. The Hall–Kier alpha value is -2.58. The van der Waals surface area contributed by atoms with Crippen molar-refractivity contribution >= 4 is 17.2 Å². The van der Waals surface area contributed by atoms with E-state index in [1.807, 2.05) is 13.8 Å². The lowest BCUT2D eigenvalue weighted by atomic mass is 10.1. The van der Waals surface area contributed by atoms with Crippen molar-refractivity contribution in [3.8, 4) is 0 Å². The number of nitrogens with two attached hydrogens (primary N) is 3. The number of benzene rings is 2. The van der Waals surface area contributed by atoms with E-state index in [-0.39, 0.29) is 7.26 Å². The van der Waals surface area contributed by atoms with E-state index < -0.39 is 11.7 Å². The van der Waals surface area contributed by atoms with Gasteiger partial charge in [0.05, 0.1) is 5.56 Å². The number of hydrogen-bond acceptors (Lipinski definition) is 4. The van der Waals surface area contributed by atoms with Crippen LogP contribution in [-0.2, 0) is 6.18 Å². The first-order valence-electron chi connectivity index (χ1n) is 7.09. The third kappa shape index (κ3) is 6.27. The minimum atomic E-state index is -4.35. The fourth-order valence-electron chi connectivity index (χ4n) is 1.73. The summed E-state index contributed by atoms with van der Waals surface area (Å²) in [6.45, 7) is 4.00. The molecule has 0 amide bonds. The van der Waals surface area contributed by atoms with Crippen LogP contribution < -0.4 is 22.7 Å². The van der Waals surface area contributed by atoms with Gasteiger partial charge >= 0.3 is 6.18 Å². The van der Waals surface area contributed by atoms with Crippen molar-refractivity contribution in [2.75, 3.05) is 5.32 Å². The molecule has 2 aromatic carbocycles. The molecule has 2 aromatic rings. The van der Waals surface area contributed by atoms with E-state index in [1.165, 1.54) is 12.1 Å². The lowest BCUT2D eigenvalue weighted by Gasteiger charge is -2.12. The molecule has 134 valence electrons. The van der Waals surface area contributed by atoms with Crippen LogP contribution in [0.4, 0.5) is 24.5 Å². The van der Waals surface area contributed by atoms with Gasteiger partial charge in [0, 0.05) is 18.4 Å². The van der Waals surface area contributed by atoms with Crippen LogP contribution in [0.5, 0.6) is 0 Å². The van der Waals surface area contributed by atoms with Crippen LogP contribution in [0.25, 0.3) is 0 Å². The van der Waals surface area contributed by atoms with Crippen molar-refractivity contribution in [3.63, 3.8) is 0 Å². The highest BCUT2D eigenvalue weighted by molar-refractivity contribution is 6.00. The van der Waals surface area contributed by atoms with Gasteiger partial charge in [0.2, 0.25) is 0 Å². The average Bonchev–Trinajstić information content (AvgIpc) is 2.58. The zero-order valence-corrected chi connectivity index (χ0v) is 13.5. The molecular formula is C16H24F3N5. The predicted octanol–water partition coefficient (Wildman–Crippen LogP) is 3.82. The summed E-state index contributed by atoms with van der Waals surface area (Å²) < 4.78 is 37.4. The van der Waals surface area contributed by atoms with Crippen LogP contribution in [0.2, 0.25) is 0 Å². The van der Waals surface area contributed by atoms with Crippen LogP contribution in [0, 0.1) is 5.41 Å². The third-order valence-corrected chi connectivity index (χ3v) is 2.71. The van der Waals surface area contributed by atoms with Crippen LogP contribution >= 0.6 is 0 Å². The number of anilines is 2. The Bertz CT molecular complexity index is 630. The van der Waals surface area contributed by atoms with Crippen LogP contribution in [0.3, 0.4) is 0 Å². The molecule has 0 atom stereocenters. The second kappa shape index (κ2) is 10.2. The zero-order chi connectivity index (χ0) is 18.8. The van der Waals surface area contributed by atoms with Gasteiger partial charge in [0.15, 0.2) is 0 Å². The van der Waals surface area contributed by atoms with Gasteiger partial charge in [-0.05, 0) is 36.4 Å². The number of nitrogens with one attached hydrogen (secondary N) is 2. The molecule has 0 fully saturated rings. The maximum Gasteiger partial charge on any atom is 0.416 e. The number of para-hydroxylation sites is 1. The van der Waals surface area contributed by atoms with Crippen LogP contribution in [0.1, 0.15) is 26.4 Å². The maximum absolute atomic E-state index is 12.5. The molecule has 8 heteroatoms. The molecular weight excluding hydrogens is 319 g/mol. The van der Waals surface area contributed by atoms with E-state index in [4.69, 9.17) is 11.1 Å². The van der Waals surface area contributed by atoms with Crippen LogP contribution in [0.15, 0.2) is 48.5 Å². The molecule has 8 N–H and O–H groups in total. The Kier molecular flexibility index (Phi) is 9.14. The molecule has 2 rings (SSSR count). The van der Waals surface area contributed by atoms with Gasteiger partial charge in [0.1, 0.15) is 5.84 Å². The van der Waals surface area contributed by atoms with Gasteiger partial charge < -0.3 is 11.1 Å². The minimum absolute atomic E-state index is 0. The van der Waals surface area contributed by atoms with E-state index >= 15 is 0 Å². The SMILES string of the molecule is CC.N=C(N)c1ccccc1Nc1ccc(C(F)(F)F)cc1.NN.[HH]. The molecule has 0 bridgehead atoms. The Labute approximate surface area is 140 Å². The van der Waals surface area contributed by atoms with Crippen molar-refractivity contribution in [1.29, 1.82) is 5.41 Å². The highest BCUT2D eigenvalue weighted by Gasteiger charge is 2.29. The summed E-state index contributed by atoms with van der Waals surface area (Å²) in [5.41, 5.74) is 6.29. The Morgan fingerprint density at radius 2 is 1.50 bits per heavy atom. The quantitative estimate of drug-likeness (QED) is 0.252. The molecule has 0 aromatic heterocycles. The lowest BCUT2D eigenvalue weighted by Crippen LogP contribution is -2.13. The Morgan fingerprint density at radius 3 is 1.96 bits per heavy atom. The number of nitrogen functional groups attached to an aromatic ring is 1. The number of alkyl halides is 3. The molecule has 5 nitrogen and oxygen atoms in total. The Balaban J connectivity index is 0. The highest BCUT2D eigenvalue weighted by Crippen LogP contribution is 2.30. The molecule has 0 heterocycles. The van der Waals surface area contributed by atoms with E-state index in [1.54, 1.807) is 24.3 Å². The van der Waals surface area contributed by atoms with E-state index in [9.17, 15) is 13.2 Å². The summed E-state index contributed by atoms with van der Waals surface area (Å²) in [5.74, 6) is 7.89. The van der Waals surface area contributed by atoms with Gasteiger partial charge in [0.25, 0.3) is 0 Å². The molecule has 0 unspecified atom stereocenters. The van der Waals surface area contributed by atoms with E-state index in [0.717, 1.165) is 12.1 Å². The van der Waals surface area contributed by atoms with E-state index in [0.29, 0.717) is 16.9 Å². The van der Waals surface area contributed by atoms with Gasteiger partial charge in [-0.15, -0.1) is 0 Å². The summed E-state index contributed by atoms with van der Waals surface area (Å²) in [4.78, 5) is 0. The summed E-state index contributed by atoms with van der Waals surface area (Å²) in [6.07, 6.45) is -4.35. The predicted molar refractivity (Wildman–Crippen MR) is 94.0 cm³/mol. The van der Waals surface area contributed by atoms with Crippen molar-refractivity contribution in [3.05, 3.63) is 59.7 Å². The molecule has 0 saturated carbocycles. The summed E-state index contributed by atoms with van der Waals surface area (Å²) in [5, 5.41) is 10.4.